The number of imidazole rings is 1. The molecule has 0 bridgehead atoms. The molecule has 0 fully saturated rings. The molecule has 5 heteroatoms. The Balaban J connectivity index is 1.84. The third-order valence-corrected chi connectivity index (χ3v) is 3.87. The number of benzene rings is 1. The lowest BCUT2D eigenvalue weighted by Gasteiger charge is -2.31. The maximum Gasteiger partial charge on any atom is 0.146 e. The number of halogens is 1. The summed E-state index contributed by atoms with van der Waals surface area (Å²) in [6, 6.07) is 5.33. The molecular formula is C16H21FN4. The quantitative estimate of drug-likeness (QED) is 0.858. The smallest absolute Gasteiger partial charge is 0.146 e. The molecule has 3 rings (SSSR count). The normalized spacial score (nSPS) is 14.3. The second-order valence-electron chi connectivity index (χ2n) is 5.38. The molecule has 0 radical (unpaired) electrons. The van der Waals surface area contributed by atoms with E-state index in [0.717, 1.165) is 43.1 Å². The van der Waals surface area contributed by atoms with Crippen LogP contribution in [0.4, 0.5) is 10.1 Å². The molecule has 1 aromatic carbocycles. The average Bonchev–Trinajstić information content (AvgIpc) is 2.95. The zero-order valence-corrected chi connectivity index (χ0v) is 12.3. The summed E-state index contributed by atoms with van der Waals surface area (Å²) in [5.74, 6) is 0.850. The van der Waals surface area contributed by atoms with Gasteiger partial charge in [-0.15, -0.1) is 0 Å². The van der Waals surface area contributed by atoms with Crippen LogP contribution in [-0.4, -0.2) is 22.6 Å². The molecule has 0 spiro atoms. The number of fused-ring (bicyclic) bond motifs is 1. The molecule has 1 aliphatic heterocycles. The van der Waals surface area contributed by atoms with Crippen LogP contribution in [0.1, 0.15) is 24.7 Å². The highest BCUT2D eigenvalue weighted by Gasteiger charge is 2.21. The van der Waals surface area contributed by atoms with Gasteiger partial charge < -0.3 is 14.8 Å². The number of nitrogens with one attached hydrogen (secondary N) is 1. The Labute approximate surface area is 124 Å². The maximum atomic E-state index is 14.3. The van der Waals surface area contributed by atoms with Gasteiger partial charge in [0, 0.05) is 32.0 Å². The van der Waals surface area contributed by atoms with Gasteiger partial charge in [-0.05, 0) is 24.6 Å². The van der Waals surface area contributed by atoms with E-state index < -0.39 is 0 Å². The van der Waals surface area contributed by atoms with E-state index in [1.165, 1.54) is 0 Å². The van der Waals surface area contributed by atoms with E-state index in [0.29, 0.717) is 13.1 Å². The van der Waals surface area contributed by atoms with Gasteiger partial charge in [-0.25, -0.2) is 9.37 Å². The summed E-state index contributed by atoms with van der Waals surface area (Å²) in [7, 11) is 0. The van der Waals surface area contributed by atoms with Crippen LogP contribution in [0.5, 0.6) is 0 Å². The number of nitrogens with zero attached hydrogens (tertiary/aromatic N) is 3. The zero-order chi connectivity index (χ0) is 14.7. The second-order valence-corrected chi connectivity index (χ2v) is 5.38. The van der Waals surface area contributed by atoms with Crippen molar-refractivity contribution in [3.63, 3.8) is 0 Å². The number of rotatable bonds is 5. The Kier molecular flexibility index (Phi) is 4.20. The number of aromatic nitrogens is 2. The third-order valence-electron chi connectivity index (χ3n) is 3.87. The fourth-order valence-corrected chi connectivity index (χ4v) is 2.82. The van der Waals surface area contributed by atoms with Gasteiger partial charge in [-0.1, -0.05) is 19.1 Å². The first-order valence-electron chi connectivity index (χ1n) is 7.52. The van der Waals surface area contributed by atoms with Crippen molar-refractivity contribution < 1.29 is 4.39 Å². The van der Waals surface area contributed by atoms with Crippen molar-refractivity contribution in [3.05, 3.63) is 47.8 Å². The van der Waals surface area contributed by atoms with Gasteiger partial charge >= 0.3 is 0 Å². The van der Waals surface area contributed by atoms with Gasteiger partial charge in [-0.2, -0.15) is 0 Å². The number of anilines is 1. The van der Waals surface area contributed by atoms with E-state index in [1.807, 2.05) is 18.5 Å². The highest BCUT2D eigenvalue weighted by molar-refractivity contribution is 5.55. The summed E-state index contributed by atoms with van der Waals surface area (Å²) < 4.78 is 16.5. The predicted molar refractivity (Wildman–Crippen MR) is 81.7 cm³/mol. The van der Waals surface area contributed by atoms with Crippen molar-refractivity contribution in [2.45, 2.75) is 33.0 Å². The Morgan fingerprint density at radius 1 is 1.33 bits per heavy atom. The minimum absolute atomic E-state index is 0.147. The fourth-order valence-electron chi connectivity index (χ4n) is 2.82. The van der Waals surface area contributed by atoms with E-state index in [-0.39, 0.29) is 5.82 Å². The van der Waals surface area contributed by atoms with Crippen LogP contribution in [0.3, 0.4) is 0 Å². The Hall–Kier alpha value is -1.88. The van der Waals surface area contributed by atoms with Crippen molar-refractivity contribution in [2.75, 3.05) is 18.0 Å². The first-order chi connectivity index (χ1) is 10.3. The SMILES string of the molecule is CCCNCc1cccc(F)c1N1CCn2ccnc2C1. The lowest BCUT2D eigenvalue weighted by molar-refractivity contribution is 0.539. The molecule has 0 unspecified atom stereocenters. The van der Waals surface area contributed by atoms with Crippen molar-refractivity contribution in [2.24, 2.45) is 0 Å². The molecular weight excluding hydrogens is 267 g/mol. The molecule has 0 saturated carbocycles. The third kappa shape index (κ3) is 2.93. The van der Waals surface area contributed by atoms with Gasteiger partial charge in [0.1, 0.15) is 11.6 Å². The molecule has 0 aliphatic carbocycles. The summed E-state index contributed by atoms with van der Waals surface area (Å²) in [6.45, 7) is 6.10. The highest BCUT2D eigenvalue weighted by atomic mass is 19.1. The van der Waals surface area contributed by atoms with Crippen molar-refractivity contribution in [1.29, 1.82) is 0 Å². The van der Waals surface area contributed by atoms with Gasteiger partial charge in [0.05, 0.1) is 12.2 Å². The number of para-hydroxylation sites is 1. The van der Waals surface area contributed by atoms with Crippen LogP contribution in [0.2, 0.25) is 0 Å². The summed E-state index contributed by atoms with van der Waals surface area (Å²) in [4.78, 5) is 6.45. The number of hydrogen-bond acceptors (Lipinski definition) is 3. The minimum Gasteiger partial charge on any atom is -0.360 e. The van der Waals surface area contributed by atoms with Crippen LogP contribution in [0, 0.1) is 5.82 Å². The fraction of sp³-hybridized carbons (Fsp3) is 0.438. The molecule has 1 N–H and O–H groups in total. The van der Waals surface area contributed by atoms with Gasteiger partial charge in [-0.3, -0.25) is 0 Å². The van der Waals surface area contributed by atoms with Crippen molar-refractivity contribution in [1.82, 2.24) is 14.9 Å². The lowest BCUT2D eigenvalue weighted by atomic mass is 10.1. The van der Waals surface area contributed by atoms with Gasteiger partial charge in [0.2, 0.25) is 0 Å². The molecule has 1 aliphatic rings. The van der Waals surface area contributed by atoms with Crippen LogP contribution >= 0.6 is 0 Å². The Morgan fingerprint density at radius 2 is 2.24 bits per heavy atom. The van der Waals surface area contributed by atoms with Gasteiger partial charge in [0.25, 0.3) is 0 Å². The highest BCUT2D eigenvalue weighted by Crippen LogP contribution is 2.27. The predicted octanol–water partition coefficient (Wildman–Crippen LogP) is 2.54. The largest absolute Gasteiger partial charge is 0.360 e. The summed E-state index contributed by atoms with van der Waals surface area (Å²) in [5.41, 5.74) is 1.74. The molecule has 21 heavy (non-hydrogen) atoms. The first kappa shape index (κ1) is 14.1. The van der Waals surface area contributed by atoms with Crippen LogP contribution in [0.15, 0.2) is 30.6 Å². The Morgan fingerprint density at radius 3 is 3.10 bits per heavy atom. The van der Waals surface area contributed by atoms with Crippen LogP contribution in [-0.2, 0) is 19.6 Å². The van der Waals surface area contributed by atoms with E-state index in [9.17, 15) is 4.39 Å². The monoisotopic (exact) mass is 288 g/mol. The summed E-state index contributed by atoms with van der Waals surface area (Å²) >= 11 is 0. The van der Waals surface area contributed by atoms with E-state index in [4.69, 9.17) is 0 Å². The summed E-state index contributed by atoms with van der Waals surface area (Å²) in [6.07, 6.45) is 4.87. The molecule has 2 aromatic rings. The van der Waals surface area contributed by atoms with E-state index in [2.05, 4.69) is 26.7 Å². The molecule has 112 valence electrons. The topological polar surface area (TPSA) is 33.1 Å². The van der Waals surface area contributed by atoms with Crippen LogP contribution in [0.25, 0.3) is 0 Å². The van der Waals surface area contributed by atoms with Crippen molar-refractivity contribution in [3.8, 4) is 0 Å². The zero-order valence-electron chi connectivity index (χ0n) is 12.3. The molecule has 0 saturated heterocycles. The standard InChI is InChI=1S/C16H21FN4/c1-2-6-18-11-13-4-3-5-14(17)16(13)21-10-9-20-8-7-19-15(20)12-21/h3-5,7-8,18H,2,6,9-12H2,1H3. The second kappa shape index (κ2) is 6.26. The maximum absolute atomic E-state index is 14.3. The Bertz CT molecular complexity index is 608. The molecule has 1 aromatic heterocycles. The lowest BCUT2D eigenvalue weighted by Crippen LogP contribution is -2.35. The van der Waals surface area contributed by atoms with E-state index >= 15 is 0 Å². The van der Waals surface area contributed by atoms with E-state index in [1.54, 1.807) is 12.1 Å². The summed E-state index contributed by atoms with van der Waals surface area (Å²) in [5, 5.41) is 3.36. The average molecular weight is 288 g/mol. The minimum atomic E-state index is -0.147. The van der Waals surface area contributed by atoms with Crippen molar-refractivity contribution >= 4 is 5.69 Å². The molecule has 4 nitrogen and oxygen atoms in total. The van der Waals surface area contributed by atoms with Crippen LogP contribution < -0.4 is 10.2 Å². The first-order valence-corrected chi connectivity index (χ1v) is 7.52. The molecule has 0 atom stereocenters. The molecule has 0 amide bonds. The number of hydrogen-bond donors (Lipinski definition) is 1. The molecule has 2 heterocycles. The van der Waals surface area contributed by atoms with Gasteiger partial charge in [0.15, 0.2) is 0 Å².